The number of hydrogen-bond donors (Lipinski definition) is 1. The molecule has 2 aliphatic rings. The molecule has 0 aromatic carbocycles. The number of nitrogens with zero attached hydrogens (tertiary/aromatic N) is 1. The number of rotatable bonds is 4. The zero-order valence-electron chi connectivity index (χ0n) is 10.6. The van der Waals surface area contributed by atoms with Crippen LogP contribution in [0.3, 0.4) is 0 Å². The molecule has 3 heteroatoms. The second-order valence-corrected chi connectivity index (χ2v) is 6.30. The van der Waals surface area contributed by atoms with E-state index in [2.05, 4.69) is 28.9 Å². The molecule has 1 atom stereocenters. The van der Waals surface area contributed by atoms with Crippen molar-refractivity contribution in [1.29, 1.82) is 0 Å². The van der Waals surface area contributed by atoms with Gasteiger partial charge in [-0.2, -0.15) is 11.8 Å². The standard InChI is InChI=1S/C13H26N2S/c1-2-15(13-6-9-16-10-7-13)11-12-5-3-4-8-14-12/h12-14H,2-11H2,1H3. The molecule has 0 radical (unpaired) electrons. The Labute approximate surface area is 105 Å². The maximum absolute atomic E-state index is 3.68. The molecule has 1 N–H and O–H groups in total. The van der Waals surface area contributed by atoms with Crippen LogP contribution in [0.2, 0.25) is 0 Å². The van der Waals surface area contributed by atoms with Gasteiger partial charge >= 0.3 is 0 Å². The minimum Gasteiger partial charge on any atom is -0.313 e. The van der Waals surface area contributed by atoms with Gasteiger partial charge in [0.05, 0.1) is 0 Å². The molecule has 1 unspecified atom stereocenters. The highest BCUT2D eigenvalue weighted by atomic mass is 32.2. The SMILES string of the molecule is CCN(CC1CCCCN1)C1CCSCC1. The Bertz CT molecular complexity index is 186. The van der Waals surface area contributed by atoms with E-state index in [1.165, 1.54) is 63.2 Å². The zero-order chi connectivity index (χ0) is 11.2. The van der Waals surface area contributed by atoms with Gasteiger partial charge in [-0.25, -0.2) is 0 Å². The second kappa shape index (κ2) is 6.87. The molecule has 2 nitrogen and oxygen atoms in total. The Hall–Kier alpha value is 0.270. The summed E-state index contributed by atoms with van der Waals surface area (Å²) in [6.45, 7) is 6.08. The predicted molar refractivity (Wildman–Crippen MR) is 73.2 cm³/mol. The van der Waals surface area contributed by atoms with Crippen molar-refractivity contribution in [2.45, 2.75) is 51.1 Å². The van der Waals surface area contributed by atoms with Crippen LogP contribution in [0.15, 0.2) is 0 Å². The molecule has 0 spiro atoms. The molecule has 2 aliphatic heterocycles. The van der Waals surface area contributed by atoms with Crippen molar-refractivity contribution < 1.29 is 0 Å². The number of hydrogen-bond acceptors (Lipinski definition) is 3. The van der Waals surface area contributed by atoms with E-state index in [4.69, 9.17) is 0 Å². The van der Waals surface area contributed by atoms with Crippen LogP contribution >= 0.6 is 11.8 Å². The van der Waals surface area contributed by atoms with Crippen molar-refractivity contribution in [3.05, 3.63) is 0 Å². The van der Waals surface area contributed by atoms with E-state index in [1.807, 2.05) is 0 Å². The first kappa shape index (κ1) is 12.7. The normalized spacial score (nSPS) is 28.5. The molecule has 2 rings (SSSR count). The van der Waals surface area contributed by atoms with Gasteiger partial charge in [-0.3, -0.25) is 4.90 Å². The van der Waals surface area contributed by atoms with Gasteiger partial charge in [0.1, 0.15) is 0 Å². The van der Waals surface area contributed by atoms with Crippen molar-refractivity contribution in [3.8, 4) is 0 Å². The van der Waals surface area contributed by atoms with Gasteiger partial charge < -0.3 is 5.32 Å². The second-order valence-electron chi connectivity index (χ2n) is 5.08. The van der Waals surface area contributed by atoms with Crippen molar-refractivity contribution in [1.82, 2.24) is 10.2 Å². The largest absolute Gasteiger partial charge is 0.313 e. The quantitative estimate of drug-likeness (QED) is 0.815. The highest BCUT2D eigenvalue weighted by molar-refractivity contribution is 7.99. The summed E-state index contributed by atoms with van der Waals surface area (Å²) in [6, 6.07) is 1.64. The third kappa shape index (κ3) is 3.64. The fraction of sp³-hybridized carbons (Fsp3) is 1.00. The van der Waals surface area contributed by atoms with Gasteiger partial charge in [0.25, 0.3) is 0 Å². The predicted octanol–water partition coefficient (Wildman–Crippen LogP) is 2.35. The first-order valence-corrected chi connectivity index (χ1v) is 8.11. The van der Waals surface area contributed by atoms with E-state index in [0.29, 0.717) is 0 Å². The van der Waals surface area contributed by atoms with Crippen molar-refractivity contribution >= 4 is 11.8 Å². The molecule has 0 aliphatic carbocycles. The van der Waals surface area contributed by atoms with Gasteiger partial charge in [-0.05, 0) is 50.3 Å². The lowest BCUT2D eigenvalue weighted by atomic mass is 10.0. The zero-order valence-corrected chi connectivity index (χ0v) is 11.4. The van der Waals surface area contributed by atoms with Crippen LogP contribution in [0.4, 0.5) is 0 Å². The van der Waals surface area contributed by atoms with Crippen molar-refractivity contribution in [3.63, 3.8) is 0 Å². The van der Waals surface area contributed by atoms with Crippen LogP contribution in [0.5, 0.6) is 0 Å². The molecule has 94 valence electrons. The van der Waals surface area contributed by atoms with E-state index < -0.39 is 0 Å². The third-order valence-electron chi connectivity index (χ3n) is 3.98. The van der Waals surface area contributed by atoms with Gasteiger partial charge in [0, 0.05) is 18.6 Å². The van der Waals surface area contributed by atoms with E-state index >= 15 is 0 Å². The van der Waals surface area contributed by atoms with Gasteiger partial charge in [0.2, 0.25) is 0 Å². The highest BCUT2D eigenvalue weighted by Gasteiger charge is 2.23. The van der Waals surface area contributed by atoms with Gasteiger partial charge in [-0.1, -0.05) is 13.3 Å². The van der Waals surface area contributed by atoms with Gasteiger partial charge in [-0.15, -0.1) is 0 Å². The van der Waals surface area contributed by atoms with Crippen molar-refractivity contribution in [2.75, 3.05) is 31.1 Å². The van der Waals surface area contributed by atoms with E-state index in [-0.39, 0.29) is 0 Å². The monoisotopic (exact) mass is 242 g/mol. The summed E-state index contributed by atoms with van der Waals surface area (Å²) in [7, 11) is 0. The molecule has 0 aromatic heterocycles. The summed E-state index contributed by atoms with van der Waals surface area (Å²) >= 11 is 2.13. The summed E-state index contributed by atoms with van der Waals surface area (Å²) in [5, 5.41) is 3.68. The average molecular weight is 242 g/mol. The van der Waals surface area contributed by atoms with Crippen LogP contribution < -0.4 is 5.32 Å². The molecule has 0 saturated carbocycles. The molecular weight excluding hydrogens is 216 g/mol. The third-order valence-corrected chi connectivity index (χ3v) is 5.03. The Morgan fingerprint density at radius 2 is 2.00 bits per heavy atom. The summed E-state index contributed by atoms with van der Waals surface area (Å²) in [6.07, 6.45) is 7.01. The number of piperidine rings is 1. The molecule has 2 fully saturated rings. The maximum atomic E-state index is 3.68. The summed E-state index contributed by atoms with van der Waals surface area (Å²) in [5.41, 5.74) is 0. The average Bonchev–Trinajstić information content (AvgIpc) is 2.38. The van der Waals surface area contributed by atoms with E-state index in [0.717, 1.165) is 12.1 Å². The Morgan fingerprint density at radius 1 is 1.19 bits per heavy atom. The Kier molecular flexibility index (Phi) is 5.46. The lowest BCUT2D eigenvalue weighted by Crippen LogP contribution is -2.48. The number of thioether (sulfide) groups is 1. The molecule has 2 saturated heterocycles. The van der Waals surface area contributed by atoms with Crippen molar-refractivity contribution in [2.24, 2.45) is 0 Å². The van der Waals surface area contributed by atoms with Crippen LogP contribution in [0, 0.1) is 0 Å². The maximum Gasteiger partial charge on any atom is 0.0195 e. The van der Waals surface area contributed by atoms with Crippen LogP contribution in [-0.2, 0) is 0 Å². The molecule has 2 heterocycles. The topological polar surface area (TPSA) is 15.3 Å². The lowest BCUT2D eigenvalue weighted by Gasteiger charge is -2.37. The summed E-state index contributed by atoms with van der Waals surface area (Å²) < 4.78 is 0. The fourth-order valence-corrected chi connectivity index (χ4v) is 4.03. The van der Waals surface area contributed by atoms with E-state index in [1.54, 1.807) is 0 Å². The Morgan fingerprint density at radius 3 is 2.62 bits per heavy atom. The van der Waals surface area contributed by atoms with E-state index in [9.17, 15) is 0 Å². The minimum atomic E-state index is 0.767. The molecule has 16 heavy (non-hydrogen) atoms. The first-order valence-electron chi connectivity index (χ1n) is 6.95. The first-order chi connectivity index (χ1) is 7.90. The Balaban J connectivity index is 1.78. The fourth-order valence-electron chi connectivity index (χ4n) is 2.95. The molecule has 0 amide bonds. The highest BCUT2D eigenvalue weighted by Crippen LogP contribution is 2.22. The number of likely N-dealkylation sites (N-methyl/N-ethyl adjacent to an activating group) is 1. The summed E-state index contributed by atoms with van der Waals surface area (Å²) in [4.78, 5) is 2.72. The smallest absolute Gasteiger partial charge is 0.0195 e. The van der Waals surface area contributed by atoms with Gasteiger partial charge in [0.15, 0.2) is 0 Å². The molecule has 0 bridgehead atoms. The minimum absolute atomic E-state index is 0.767. The number of nitrogens with one attached hydrogen (secondary N) is 1. The lowest BCUT2D eigenvalue weighted by molar-refractivity contribution is 0.165. The van der Waals surface area contributed by atoms with Crippen LogP contribution in [0.25, 0.3) is 0 Å². The molecular formula is C13H26N2S. The summed E-state index contributed by atoms with van der Waals surface area (Å²) in [5.74, 6) is 2.75. The molecule has 0 aromatic rings. The van der Waals surface area contributed by atoms with Crippen LogP contribution in [-0.4, -0.2) is 48.1 Å². The van der Waals surface area contributed by atoms with Crippen LogP contribution in [0.1, 0.15) is 39.0 Å².